The van der Waals surface area contributed by atoms with Crippen molar-refractivity contribution in [2.45, 2.75) is 32.2 Å². The summed E-state index contributed by atoms with van der Waals surface area (Å²) in [4.78, 5) is 13.7. The summed E-state index contributed by atoms with van der Waals surface area (Å²) in [6, 6.07) is 0. The Hall–Kier alpha value is -1.39. The van der Waals surface area contributed by atoms with Crippen molar-refractivity contribution < 1.29 is 4.79 Å². The van der Waals surface area contributed by atoms with E-state index in [1.54, 1.807) is 17.1 Å². The first-order valence-corrected chi connectivity index (χ1v) is 5.48. The Morgan fingerprint density at radius 2 is 2.07 bits per heavy atom. The maximum Gasteiger partial charge on any atom is 0.224 e. The molecule has 1 aromatic rings. The molecule has 0 radical (unpaired) electrons. The second-order valence-corrected chi connectivity index (χ2v) is 3.86. The summed E-state index contributed by atoms with van der Waals surface area (Å²) < 4.78 is 1.70. The molecule has 15 heavy (non-hydrogen) atoms. The Kier molecular flexibility index (Phi) is 3.32. The molecule has 82 valence electrons. The maximum absolute atomic E-state index is 11.8. The summed E-state index contributed by atoms with van der Waals surface area (Å²) in [6.45, 7) is 2.49. The molecule has 0 spiro atoms. The Balaban J connectivity index is 1.76. The minimum absolute atomic E-state index is 0.241. The Morgan fingerprint density at radius 1 is 1.27 bits per heavy atom. The maximum atomic E-state index is 11.8. The van der Waals surface area contributed by atoms with Crippen LogP contribution in [0.1, 0.15) is 25.7 Å². The van der Waals surface area contributed by atoms with E-state index in [4.69, 9.17) is 0 Å². The minimum Gasteiger partial charge on any atom is -0.343 e. The first-order chi connectivity index (χ1) is 7.36. The molecule has 1 saturated heterocycles. The van der Waals surface area contributed by atoms with Gasteiger partial charge in [0.25, 0.3) is 0 Å². The van der Waals surface area contributed by atoms with E-state index in [9.17, 15) is 4.79 Å². The molecule has 1 aliphatic rings. The van der Waals surface area contributed by atoms with Gasteiger partial charge < -0.3 is 4.90 Å². The molecule has 2 heterocycles. The molecule has 1 aliphatic heterocycles. The molecular formula is C10H16N4O. The molecule has 0 bridgehead atoms. The van der Waals surface area contributed by atoms with Crippen LogP contribution in [0.5, 0.6) is 0 Å². The van der Waals surface area contributed by atoms with Crippen LogP contribution in [-0.2, 0) is 11.3 Å². The molecule has 1 amide bonds. The molecule has 1 fully saturated rings. The van der Waals surface area contributed by atoms with Crippen LogP contribution in [0.25, 0.3) is 0 Å². The number of piperidine rings is 1. The molecule has 5 heteroatoms. The average molecular weight is 208 g/mol. The lowest BCUT2D eigenvalue weighted by atomic mass is 10.1. The van der Waals surface area contributed by atoms with Crippen LogP contribution >= 0.6 is 0 Å². The normalized spacial score (nSPS) is 16.7. The van der Waals surface area contributed by atoms with E-state index in [2.05, 4.69) is 10.3 Å². The SMILES string of the molecule is O=C(CCn1ccnn1)N1CCCCC1. The molecule has 0 aromatic carbocycles. The number of amides is 1. The summed E-state index contributed by atoms with van der Waals surface area (Å²) in [6.07, 6.45) is 7.50. The number of nitrogens with zero attached hydrogens (tertiary/aromatic N) is 4. The molecule has 0 N–H and O–H groups in total. The van der Waals surface area contributed by atoms with Crippen LogP contribution < -0.4 is 0 Å². The highest BCUT2D eigenvalue weighted by Gasteiger charge is 2.15. The van der Waals surface area contributed by atoms with Gasteiger partial charge in [-0.15, -0.1) is 5.10 Å². The van der Waals surface area contributed by atoms with Crippen molar-refractivity contribution in [1.29, 1.82) is 0 Å². The first-order valence-electron chi connectivity index (χ1n) is 5.48. The molecule has 0 atom stereocenters. The smallest absolute Gasteiger partial charge is 0.224 e. The van der Waals surface area contributed by atoms with Gasteiger partial charge >= 0.3 is 0 Å². The molecule has 0 aliphatic carbocycles. The van der Waals surface area contributed by atoms with Crippen molar-refractivity contribution in [3.8, 4) is 0 Å². The quantitative estimate of drug-likeness (QED) is 0.734. The van der Waals surface area contributed by atoms with Crippen molar-refractivity contribution in [1.82, 2.24) is 19.9 Å². The van der Waals surface area contributed by atoms with E-state index in [0.717, 1.165) is 25.9 Å². The lowest BCUT2D eigenvalue weighted by Crippen LogP contribution is -2.36. The zero-order valence-electron chi connectivity index (χ0n) is 8.80. The third kappa shape index (κ3) is 2.78. The molecule has 0 saturated carbocycles. The van der Waals surface area contributed by atoms with E-state index >= 15 is 0 Å². The molecule has 5 nitrogen and oxygen atoms in total. The fraction of sp³-hybridized carbons (Fsp3) is 0.700. The molecule has 1 aromatic heterocycles. The monoisotopic (exact) mass is 208 g/mol. The zero-order chi connectivity index (χ0) is 10.5. The van der Waals surface area contributed by atoms with Gasteiger partial charge in [0.1, 0.15) is 0 Å². The molecular weight excluding hydrogens is 192 g/mol. The number of likely N-dealkylation sites (tertiary alicyclic amines) is 1. The van der Waals surface area contributed by atoms with Gasteiger partial charge in [-0.1, -0.05) is 5.21 Å². The van der Waals surface area contributed by atoms with E-state index in [1.165, 1.54) is 6.42 Å². The Labute approximate surface area is 89.1 Å². The average Bonchev–Trinajstić information content (AvgIpc) is 2.80. The Morgan fingerprint density at radius 3 is 2.73 bits per heavy atom. The van der Waals surface area contributed by atoms with Gasteiger partial charge in [-0.3, -0.25) is 9.48 Å². The highest BCUT2D eigenvalue weighted by molar-refractivity contribution is 5.76. The molecule has 0 unspecified atom stereocenters. The minimum atomic E-state index is 0.241. The van der Waals surface area contributed by atoms with Gasteiger partial charge in [-0.2, -0.15) is 0 Å². The second-order valence-electron chi connectivity index (χ2n) is 3.86. The van der Waals surface area contributed by atoms with Crippen molar-refractivity contribution >= 4 is 5.91 Å². The predicted octanol–water partition coefficient (Wildman–Crippen LogP) is 0.681. The number of hydrogen-bond donors (Lipinski definition) is 0. The van der Waals surface area contributed by atoms with Crippen LogP contribution in [0.4, 0.5) is 0 Å². The summed E-state index contributed by atoms with van der Waals surface area (Å²) >= 11 is 0. The molecule has 2 rings (SSSR count). The topological polar surface area (TPSA) is 51.0 Å². The standard InChI is InChI=1S/C10H16N4O/c15-10(13-6-2-1-3-7-13)4-8-14-9-5-11-12-14/h5,9H,1-4,6-8H2. The summed E-state index contributed by atoms with van der Waals surface area (Å²) in [5.74, 6) is 0.241. The van der Waals surface area contributed by atoms with Gasteiger partial charge in [-0.05, 0) is 19.3 Å². The third-order valence-corrected chi connectivity index (χ3v) is 2.74. The van der Waals surface area contributed by atoms with Gasteiger partial charge in [0.15, 0.2) is 0 Å². The van der Waals surface area contributed by atoms with Crippen LogP contribution in [0.15, 0.2) is 12.4 Å². The highest BCUT2D eigenvalue weighted by Crippen LogP contribution is 2.09. The van der Waals surface area contributed by atoms with Gasteiger partial charge in [0.05, 0.1) is 12.7 Å². The van der Waals surface area contributed by atoms with Crippen molar-refractivity contribution in [3.63, 3.8) is 0 Å². The van der Waals surface area contributed by atoms with Crippen molar-refractivity contribution in [2.75, 3.05) is 13.1 Å². The van der Waals surface area contributed by atoms with Crippen molar-refractivity contribution in [2.24, 2.45) is 0 Å². The predicted molar refractivity (Wildman–Crippen MR) is 55.1 cm³/mol. The van der Waals surface area contributed by atoms with E-state index in [0.29, 0.717) is 13.0 Å². The number of aryl methyl sites for hydroxylation is 1. The van der Waals surface area contributed by atoms with Crippen molar-refractivity contribution in [3.05, 3.63) is 12.4 Å². The van der Waals surface area contributed by atoms with Crippen LogP contribution in [0.2, 0.25) is 0 Å². The lowest BCUT2D eigenvalue weighted by molar-refractivity contribution is -0.132. The fourth-order valence-corrected chi connectivity index (χ4v) is 1.86. The fourth-order valence-electron chi connectivity index (χ4n) is 1.86. The third-order valence-electron chi connectivity index (χ3n) is 2.74. The lowest BCUT2D eigenvalue weighted by Gasteiger charge is -2.26. The number of aromatic nitrogens is 3. The Bertz CT molecular complexity index is 303. The van der Waals surface area contributed by atoms with Gasteiger partial charge in [0.2, 0.25) is 5.91 Å². The van der Waals surface area contributed by atoms with Gasteiger partial charge in [-0.25, -0.2) is 0 Å². The zero-order valence-corrected chi connectivity index (χ0v) is 8.80. The number of rotatable bonds is 3. The highest BCUT2D eigenvalue weighted by atomic mass is 16.2. The van der Waals surface area contributed by atoms with E-state index < -0.39 is 0 Å². The van der Waals surface area contributed by atoms with Crippen LogP contribution in [-0.4, -0.2) is 38.9 Å². The second kappa shape index (κ2) is 4.91. The summed E-state index contributed by atoms with van der Waals surface area (Å²) in [5.41, 5.74) is 0. The largest absolute Gasteiger partial charge is 0.343 e. The van der Waals surface area contributed by atoms with Gasteiger partial charge in [0, 0.05) is 25.7 Å². The first kappa shape index (κ1) is 10.1. The summed E-state index contributed by atoms with van der Waals surface area (Å²) in [5, 5.41) is 7.53. The van der Waals surface area contributed by atoms with Crippen LogP contribution in [0, 0.1) is 0 Å². The number of carbonyl (C=O) groups is 1. The van der Waals surface area contributed by atoms with Crippen LogP contribution in [0.3, 0.4) is 0 Å². The van der Waals surface area contributed by atoms with E-state index in [-0.39, 0.29) is 5.91 Å². The number of carbonyl (C=O) groups excluding carboxylic acids is 1. The van der Waals surface area contributed by atoms with E-state index in [1.807, 2.05) is 4.90 Å². The summed E-state index contributed by atoms with van der Waals surface area (Å²) in [7, 11) is 0. The number of hydrogen-bond acceptors (Lipinski definition) is 3.